The van der Waals surface area contributed by atoms with Crippen LogP contribution in [0.1, 0.15) is 5.69 Å². The predicted octanol–water partition coefficient (Wildman–Crippen LogP) is 4.16. The van der Waals surface area contributed by atoms with Gasteiger partial charge in [-0.1, -0.05) is 17.7 Å². The third-order valence-electron chi connectivity index (χ3n) is 3.53. The fourth-order valence-electron chi connectivity index (χ4n) is 2.26. The number of non-ortho nitro benzene ring substituents is 1. The molecule has 0 aliphatic heterocycles. The maximum Gasteiger partial charge on any atom is 0.299 e. The summed E-state index contributed by atoms with van der Waals surface area (Å²) in [6.07, 6.45) is 0. The topological polar surface area (TPSA) is 126 Å². The van der Waals surface area contributed by atoms with Gasteiger partial charge < -0.3 is 5.11 Å². The van der Waals surface area contributed by atoms with Crippen LogP contribution in [0.4, 0.5) is 17.1 Å². The number of nitrogens with zero attached hydrogens (tertiary/aromatic N) is 4. The summed E-state index contributed by atoms with van der Waals surface area (Å²) in [4.78, 5) is 22.7. The van der Waals surface area contributed by atoms with Gasteiger partial charge in [0.1, 0.15) is 11.4 Å². The summed E-state index contributed by atoms with van der Waals surface area (Å²) in [5.41, 5.74) is 0.121. The molecule has 0 aliphatic rings. The van der Waals surface area contributed by atoms with Gasteiger partial charge in [-0.2, -0.15) is 0 Å². The van der Waals surface area contributed by atoms with Crippen LogP contribution in [0.5, 0.6) is 5.75 Å². The Balaban J connectivity index is 2.02. The molecule has 2 N–H and O–H groups in total. The molecule has 1 aromatic heterocycles. The summed E-state index contributed by atoms with van der Waals surface area (Å²) in [6.45, 7) is 1.63. The summed E-state index contributed by atoms with van der Waals surface area (Å²) in [7, 11) is 0. The monoisotopic (exact) mass is 373 g/mol. The molecule has 0 aliphatic carbocycles. The third kappa shape index (κ3) is 3.33. The van der Waals surface area contributed by atoms with E-state index in [1.807, 2.05) is 0 Å². The number of nitro benzene ring substituents is 1. The predicted molar refractivity (Wildman–Crippen MR) is 95.1 cm³/mol. The minimum absolute atomic E-state index is 0.0101. The van der Waals surface area contributed by atoms with E-state index in [9.17, 15) is 20.0 Å². The van der Waals surface area contributed by atoms with Crippen molar-refractivity contribution in [1.29, 1.82) is 0 Å². The van der Waals surface area contributed by atoms with Crippen LogP contribution in [-0.2, 0) is 0 Å². The number of hydrogen-bond donors (Lipinski definition) is 2. The number of rotatable bonds is 4. The number of azo groups is 1. The van der Waals surface area contributed by atoms with Crippen LogP contribution in [0.25, 0.3) is 5.69 Å². The molecule has 9 nitrogen and oxygen atoms in total. The molecule has 0 atom stereocenters. The largest absolute Gasteiger partial charge is 0.506 e. The Hall–Kier alpha value is -3.46. The summed E-state index contributed by atoms with van der Waals surface area (Å²) >= 11 is 5.94. The zero-order valence-electron chi connectivity index (χ0n) is 13.4. The molecule has 26 heavy (non-hydrogen) atoms. The number of aromatic hydroxyl groups is 1. The van der Waals surface area contributed by atoms with Crippen LogP contribution in [0.3, 0.4) is 0 Å². The minimum Gasteiger partial charge on any atom is -0.506 e. The molecular weight excluding hydrogens is 362 g/mol. The van der Waals surface area contributed by atoms with Crippen LogP contribution >= 0.6 is 11.6 Å². The van der Waals surface area contributed by atoms with Gasteiger partial charge in [0.15, 0.2) is 5.69 Å². The highest BCUT2D eigenvalue weighted by Crippen LogP contribution is 2.31. The summed E-state index contributed by atoms with van der Waals surface area (Å²) in [5.74, 6) is -0.289. The average molecular weight is 374 g/mol. The number of phenols is 1. The van der Waals surface area contributed by atoms with E-state index in [0.29, 0.717) is 16.4 Å². The van der Waals surface area contributed by atoms with Gasteiger partial charge in [-0.3, -0.25) is 20.0 Å². The second-order valence-electron chi connectivity index (χ2n) is 5.34. The van der Waals surface area contributed by atoms with Gasteiger partial charge >= 0.3 is 0 Å². The molecule has 0 spiro atoms. The molecule has 0 amide bonds. The molecule has 0 unspecified atom stereocenters. The Labute approximate surface area is 151 Å². The fraction of sp³-hybridized carbons (Fsp3) is 0.0625. The lowest BCUT2D eigenvalue weighted by molar-refractivity contribution is -0.384. The number of halogens is 1. The molecule has 3 rings (SSSR count). The number of H-pyrrole nitrogens is 1. The molecule has 1 heterocycles. The van der Waals surface area contributed by atoms with Crippen molar-refractivity contribution in [2.24, 2.45) is 10.2 Å². The number of phenolic OH excluding ortho intramolecular Hbond substituents is 1. The number of benzene rings is 2. The first-order valence-corrected chi connectivity index (χ1v) is 7.71. The zero-order chi connectivity index (χ0) is 18.8. The number of hydrogen-bond acceptors (Lipinski definition) is 6. The van der Waals surface area contributed by atoms with E-state index in [1.165, 1.54) is 4.68 Å². The number of nitrogens with one attached hydrogen (secondary N) is 1. The Kier molecular flexibility index (Phi) is 4.55. The molecular formula is C16H12ClN5O4. The highest BCUT2D eigenvalue weighted by Gasteiger charge is 2.14. The molecule has 10 heteroatoms. The van der Waals surface area contributed by atoms with E-state index in [2.05, 4.69) is 15.3 Å². The highest BCUT2D eigenvalue weighted by atomic mass is 35.5. The van der Waals surface area contributed by atoms with Gasteiger partial charge in [-0.25, -0.2) is 4.68 Å². The molecule has 0 fully saturated rings. The van der Waals surface area contributed by atoms with Gasteiger partial charge in [0.2, 0.25) is 0 Å². The maximum absolute atomic E-state index is 12.5. The van der Waals surface area contributed by atoms with Crippen molar-refractivity contribution in [2.45, 2.75) is 6.92 Å². The molecule has 0 saturated carbocycles. The first kappa shape index (κ1) is 17.4. The first-order valence-electron chi connectivity index (χ1n) is 7.33. The smallest absolute Gasteiger partial charge is 0.299 e. The van der Waals surface area contributed by atoms with E-state index in [0.717, 1.165) is 18.2 Å². The van der Waals surface area contributed by atoms with E-state index in [-0.39, 0.29) is 22.8 Å². The van der Waals surface area contributed by atoms with Gasteiger partial charge in [0, 0.05) is 17.2 Å². The summed E-state index contributed by atoms with van der Waals surface area (Å²) < 4.78 is 1.25. The Morgan fingerprint density at radius 3 is 2.69 bits per heavy atom. The molecule has 0 radical (unpaired) electrons. The van der Waals surface area contributed by atoms with Crippen molar-refractivity contribution in [3.63, 3.8) is 0 Å². The second-order valence-corrected chi connectivity index (χ2v) is 5.77. The van der Waals surface area contributed by atoms with E-state index < -0.39 is 10.5 Å². The van der Waals surface area contributed by atoms with Crippen LogP contribution in [-0.4, -0.2) is 19.8 Å². The first-order chi connectivity index (χ1) is 12.4. The third-order valence-corrected chi connectivity index (χ3v) is 3.77. The number of aromatic amines is 1. The Bertz CT molecular complexity index is 1090. The van der Waals surface area contributed by atoms with E-state index in [4.69, 9.17) is 11.6 Å². The molecule has 0 bridgehead atoms. The lowest BCUT2D eigenvalue weighted by Crippen LogP contribution is -2.13. The second kappa shape index (κ2) is 6.81. The van der Waals surface area contributed by atoms with Crippen molar-refractivity contribution < 1.29 is 10.0 Å². The minimum atomic E-state index is -0.619. The molecule has 132 valence electrons. The van der Waals surface area contributed by atoms with Crippen molar-refractivity contribution in [3.05, 3.63) is 73.6 Å². The van der Waals surface area contributed by atoms with Gasteiger partial charge in [-0.05, 0) is 31.2 Å². The normalized spacial score (nSPS) is 11.2. The number of nitro groups is 1. The zero-order valence-corrected chi connectivity index (χ0v) is 14.1. The van der Waals surface area contributed by atoms with Gasteiger partial charge in [0.25, 0.3) is 11.2 Å². The van der Waals surface area contributed by atoms with Crippen LogP contribution in [0, 0.1) is 17.0 Å². The summed E-state index contributed by atoms with van der Waals surface area (Å²) in [5, 5.41) is 31.5. The Morgan fingerprint density at radius 1 is 1.23 bits per heavy atom. The average Bonchev–Trinajstić information content (AvgIpc) is 2.88. The maximum atomic E-state index is 12.5. The standard InChI is InChI=1S/C16H12ClN5O4/c1-9-15(16(24)21(20-9)11-4-2-3-10(17)7-11)19-18-13-8-12(22(25)26)5-6-14(13)23/h2-8,20,23H,1H3. The van der Waals surface area contributed by atoms with Gasteiger partial charge in [-0.15, -0.1) is 10.2 Å². The van der Waals surface area contributed by atoms with Crippen LogP contribution < -0.4 is 5.56 Å². The van der Waals surface area contributed by atoms with Crippen LogP contribution in [0.2, 0.25) is 5.02 Å². The van der Waals surface area contributed by atoms with Gasteiger partial charge in [0.05, 0.1) is 16.3 Å². The molecule has 2 aromatic carbocycles. The molecule has 0 saturated heterocycles. The quantitative estimate of drug-likeness (QED) is 0.404. The van der Waals surface area contributed by atoms with Crippen molar-refractivity contribution in [3.8, 4) is 11.4 Å². The van der Waals surface area contributed by atoms with Crippen molar-refractivity contribution in [1.82, 2.24) is 9.78 Å². The van der Waals surface area contributed by atoms with E-state index >= 15 is 0 Å². The summed E-state index contributed by atoms with van der Waals surface area (Å²) in [6, 6.07) is 10.0. The Morgan fingerprint density at radius 2 is 2.00 bits per heavy atom. The van der Waals surface area contributed by atoms with Crippen molar-refractivity contribution in [2.75, 3.05) is 0 Å². The lowest BCUT2D eigenvalue weighted by atomic mass is 10.2. The fourth-order valence-corrected chi connectivity index (χ4v) is 2.45. The SMILES string of the molecule is Cc1[nH]n(-c2cccc(Cl)c2)c(=O)c1N=Nc1cc([N+](=O)[O-])ccc1O. The molecule has 3 aromatic rings. The highest BCUT2D eigenvalue weighted by molar-refractivity contribution is 6.30. The van der Waals surface area contributed by atoms with E-state index in [1.54, 1.807) is 31.2 Å². The number of aromatic nitrogens is 2. The van der Waals surface area contributed by atoms with Crippen molar-refractivity contribution >= 4 is 28.7 Å². The number of aryl methyl sites for hydroxylation is 1. The lowest BCUT2D eigenvalue weighted by Gasteiger charge is -2.01. The van der Waals surface area contributed by atoms with Crippen LogP contribution in [0.15, 0.2) is 57.5 Å².